The third-order valence-electron chi connectivity index (χ3n) is 2.98. The van der Waals surface area contributed by atoms with Crippen LogP contribution in [0.5, 0.6) is 0 Å². The number of ether oxygens (including phenoxy) is 1. The average Bonchev–Trinajstić information content (AvgIpc) is 2.35. The van der Waals surface area contributed by atoms with E-state index in [1.165, 1.54) is 57.8 Å². The predicted octanol–water partition coefficient (Wildman–Crippen LogP) is 4.47. The lowest BCUT2D eigenvalue weighted by Gasteiger charge is -2.03. The summed E-state index contributed by atoms with van der Waals surface area (Å²) < 4.78 is 5.26. The molecule has 0 saturated heterocycles. The van der Waals surface area contributed by atoms with Crippen molar-refractivity contribution in [1.29, 1.82) is 0 Å². The Labute approximate surface area is 108 Å². The van der Waals surface area contributed by atoms with Crippen molar-refractivity contribution in [3.8, 4) is 0 Å². The van der Waals surface area contributed by atoms with Crippen LogP contribution in [0.4, 0.5) is 0 Å². The van der Waals surface area contributed by atoms with Crippen molar-refractivity contribution in [2.45, 2.75) is 77.6 Å². The second-order valence-corrected chi connectivity index (χ2v) is 4.73. The molecule has 0 aromatic heterocycles. The molecule has 0 heterocycles. The van der Waals surface area contributed by atoms with Crippen LogP contribution in [-0.2, 0) is 4.74 Å². The molecule has 0 bridgehead atoms. The summed E-state index contributed by atoms with van der Waals surface area (Å²) in [5.41, 5.74) is 0. The minimum atomic E-state index is 0.192. The van der Waals surface area contributed by atoms with Crippen LogP contribution >= 0.6 is 0 Å². The highest BCUT2D eigenvalue weighted by molar-refractivity contribution is 4.50. The SMILES string of the molecule is CCCCCCCCCCCCO[CH]CCO. The molecule has 0 amide bonds. The van der Waals surface area contributed by atoms with Crippen LogP contribution < -0.4 is 0 Å². The summed E-state index contributed by atoms with van der Waals surface area (Å²) in [6.45, 7) is 4.99. The molecular formula is C15H31O2. The quantitative estimate of drug-likeness (QED) is 0.456. The molecule has 1 radical (unpaired) electrons. The Morgan fingerprint density at radius 3 is 1.88 bits per heavy atom. The number of aliphatic hydroxyl groups is 1. The summed E-state index contributed by atoms with van der Waals surface area (Å²) in [7, 11) is 0. The molecule has 0 aromatic carbocycles. The number of unbranched alkanes of at least 4 members (excludes halogenated alkanes) is 9. The van der Waals surface area contributed by atoms with Crippen LogP contribution in [0, 0.1) is 6.61 Å². The van der Waals surface area contributed by atoms with Gasteiger partial charge in [-0.25, -0.2) is 0 Å². The van der Waals surface area contributed by atoms with E-state index in [0.29, 0.717) is 6.42 Å². The van der Waals surface area contributed by atoms with Gasteiger partial charge in [-0.3, -0.25) is 0 Å². The van der Waals surface area contributed by atoms with Gasteiger partial charge in [0, 0.05) is 13.2 Å². The van der Waals surface area contributed by atoms with E-state index in [-0.39, 0.29) is 6.61 Å². The maximum Gasteiger partial charge on any atom is 0.0859 e. The van der Waals surface area contributed by atoms with Gasteiger partial charge in [-0.2, -0.15) is 0 Å². The fraction of sp³-hybridized carbons (Fsp3) is 0.933. The van der Waals surface area contributed by atoms with Gasteiger partial charge in [-0.1, -0.05) is 64.7 Å². The van der Waals surface area contributed by atoms with Crippen molar-refractivity contribution < 1.29 is 9.84 Å². The second-order valence-electron chi connectivity index (χ2n) is 4.73. The van der Waals surface area contributed by atoms with E-state index >= 15 is 0 Å². The monoisotopic (exact) mass is 243 g/mol. The van der Waals surface area contributed by atoms with Crippen molar-refractivity contribution in [2.75, 3.05) is 13.2 Å². The zero-order valence-corrected chi connectivity index (χ0v) is 11.6. The Bertz CT molecular complexity index is 112. The van der Waals surface area contributed by atoms with Crippen LogP contribution in [0.3, 0.4) is 0 Å². The van der Waals surface area contributed by atoms with Crippen LogP contribution in [0.25, 0.3) is 0 Å². The molecule has 1 N–H and O–H groups in total. The minimum absolute atomic E-state index is 0.192. The molecular weight excluding hydrogens is 212 g/mol. The van der Waals surface area contributed by atoms with E-state index in [4.69, 9.17) is 9.84 Å². The Hall–Kier alpha value is -0.0800. The molecule has 0 unspecified atom stereocenters. The maximum absolute atomic E-state index is 8.53. The third-order valence-corrected chi connectivity index (χ3v) is 2.98. The number of aliphatic hydroxyl groups excluding tert-OH is 1. The Balaban J connectivity index is 2.85. The molecule has 0 saturated carbocycles. The van der Waals surface area contributed by atoms with E-state index < -0.39 is 0 Å². The number of hydrogen-bond acceptors (Lipinski definition) is 2. The van der Waals surface area contributed by atoms with E-state index in [0.717, 1.165) is 13.0 Å². The van der Waals surface area contributed by atoms with Crippen molar-refractivity contribution in [3.05, 3.63) is 6.61 Å². The highest BCUT2D eigenvalue weighted by Crippen LogP contribution is 2.10. The van der Waals surface area contributed by atoms with E-state index in [1.54, 1.807) is 6.61 Å². The predicted molar refractivity (Wildman–Crippen MR) is 73.8 cm³/mol. The van der Waals surface area contributed by atoms with Gasteiger partial charge in [-0.15, -0.1) is 0 Å². The van der Waals surface area contributed by atoms with Crippen LogP contribution in [0.2, 0.25) is 0 Å². The minimum Gasteiger partial charge on any atom is -0.396 e. The topological polar surface area (TPSA) is 29.5 Å². The third kappa shape index (κ3) is 15.9. The van der Waals surface area contributed by atoms with Gasteiger partial charge in [0.05, 0.1) is 6.61 Å². The average molecular weight is 243 g/mol. The van der Waals surface area contributed by atoms with E-state index in [9.17, 15) is 0 Å². The molecule has 0 aliphatic carbocycles. The maximum atomic E-state index is 8.53. The molecule has 0 fully saturated rings. The smallest absolute Gasteiger partial charge is 0.0859 e. The Kier molecular flexibility index (Phi) is 15.8. The summed E-state index contributed by atoms with van der Waals surface area (Å²) in [4.78, 5) is 0. The first-order valence-corrected chi connectivity index (χ1v) is 7.46. The van der Waals surface area contributed by atoms with E-state index in [1.807, 2.05) is 0 Å². The molecule has 0 atom stereocenters. The zero-order chi connectivity index (χ0) is 12.6. The van der Waals surface area contributed by atoms with Crippen molar-refractivity contribution in [3.63, 3.8) is 0 Å². The molecule has 0 rings (SSSR count). The largest absolute Gasteiger partial charge is 0.396 e. The lowest BCUT2D eigenvalue weighted by molar-refractivity contribution is 0.168. The van der Waals surface area contributed by atoms with E-state index in [2.05, 4.69) is 6.92 Å². The fourth-order valence-electron chi connectivity index (χ4n) is 1.89. The summed E-state index contributed by atoms with van der Waals surface area (Å²) in [6.07, 6.45) is 14.2. The normalized spacial score (nSPS) is 10.9. The van der Waals surface area contributed by atoms with Gasteiger partial charge in [0.2, 0.25) is 0 Å². The zero-order valence-electron chi connectivity index (χ0n) is 11.6. The second kappa shape index (κ2) is 15.9. The summed E-state index contributed by atoms with van der Waals surface area (Å²) in [5.74, 6) is 0. The van der Waals surface area contributed by atoms with Gasteiger partial charge in [0.15, 0.2) is 0 Å². The van der Waals surface area contributed by atoms with Gasteiger partial charge < -0.3 is 9.84 Å². The molecule has 0 aliphatic rings. The highest BCUT2D eigenvalue weighted by atomic mass is 16.5. The molecule has 103 valence electrons. The van der Waals surface area contributed by atoms with Crippen LogP contribution in [-0.4, -0.2) is 18.3 Å². The molecule has 0 aromatic rings. The van der Waals surface area contributed by atoms with Crippen molar-refractivity contribution in [2.24, 2.45) is 0 Å². The Morgan fingerprint density at radius 2 is 1.35 bits per heavy atom. The molecule has 17 heavy (non-hydrogen) atoms. The molecule has 2 heteroatoms. The first-order chi connectivity index (χ1) is 8.41. The highest BCUT2D eigenvalue weighted by Gasteiger charge is 1.93. The summed E-state index contributed by atoms with van der Waals surface area (Å²) >= 11 is 0. The molecule has 2 nitrogen and oxygen atoms in total. The summed E-state index contributed by atoms with van der Waals surface area (Å²) in [6, 6.07) is 0. The lowest BCUT2D eigenvalue weighted by atomic mass is 10.1. The van der Waals surface area contributed by atoms with Crippen molar-refractivity contribution >= 4 is 0 Å². The van der Waals surface area contributed by atoms with Crippen molar-refractivity contribution in [1.82, 2.24) is 0 Å². The molecule has 0 spiro atoms. The fourth-order valence-corrected chi connectivity index (χ4v) is 1.89. The van der Waals surface area contributed by atoms with Crippen LogP contribution in [0.1, 0.15) is 77.6 Å². The lowest BCUT2D eigenvalue weighted by Crippen LogP contribution is -1.94. The number of rotatable bonds is 14. The first-order valence-electron chi connectivity index (χ1n) is 7.46. The van der Waals surface area contributed by atoms with Crippen LogP contribution in [0.15, 0.2) is 0 Å². The molecule has 0 aliphatic heterocycles. The van der Waals surface area contributed by atoms with Gasteiger partial charge in [-0.05, 0) is 12.8 Å². The number of hydrogen-bond donors (Lipinski definition) is 1. The first kappa shape index (κ1) is 16.9. The van der Waals surface area contributed by atoms with Gasteiger partial charge in [0.25, 0.3) is 0 Å². The Morgan fingerprint density at radius 1 is 0.824 bits per heavy atom. The summed E-state index contributed by atoms with van der Waals surface area (Å²) in [5, 5.41) is 8.53. The van der Waals surface area contributed by atoms with Gasteiger partial charge >= 0.3 is 0 Å². The standard InChI is InChI=1S/C15H31O2/c1-2-3-4-5-6-7-8-9-10-11-14-17-15-12-13-16/h15-16H,2-14H2,1H3. The van der Waals surface area contributed by atoms with Gasteiger partial charge in [0.1, 0.15) is 0 Å².